The summed E-state index contributed by atoms with van der Waals surface area (Å²) in [5.74, 6) is 1.05. The largest absolute Gasteiger partial charge is 0.494 e. The highest BCUT2D eigenvalue weighted by atomic mass is 32.2. The highest BCUT2D eigenvalue weighted by molar-refractivity contribution is 7.98. The van der Waals surface area contributed by atoms with Gasteiger partial charge in [-0.2, -0.15) is 11.8 Å². The van der Waals surface area contributed by atoms with Gasteiger partial charge in [0.1, 0.15) is 11.8 Å². The van der Waals surface area contributed by atoms with Crippen molar-refractivity contribution in [1.29, 1.82) is 0 Å². The van der Waals surface area contributed by atoms with Gasteiger partial charge in [0.25, 0.3) is 5.91 Å². The number of nitrogens with one attached hydrogen (secondary N) is 2. The van der Waals surface area contributed by atoms with E-state index in [1.165, 1.54) is 0 Å². The monoisotopic (exact) mass is 372 g/mol. The minimum atomic E-state index is -0.596. The van der Waals surface area contributed by atoms with Crippen LogP contribution in [0.4, 0.5) is 5.69 Å². The van der Waals surface area contributed by atoms with Gasteiger partial charge in [-0.05, 0) is 61.8 Å². The molecule has 138 valence electrons. The molecule has 2 amide bonds. The van der Waals surface area contributed by atoms with Crippen molar-refractivity contribution in [1.82, 2.24) is 5.32 Å². The molecule has 0 aliphatic carbocycles. The molecule has 5 nitrogen and oxygen atoms in total. The van der Waals surface area contributed by atoms with Gasteiger partial charge in [-0.25, -0.2) is 0 Å². The zero-order chi connectivity index (χ0) is 18.8. The van der Waals surface area contributed by atoms with Crippen LogP contribution in [0, 0.1) is 0 Å². The summed E-state index contributed by atoms with van der Waals surface area (Å²) in [6, 6.07) is 15.5. The van der Waals surface area contributed by atoms with Gasteiger partial charge in [0.15, 0.2) is 0 Å². The molecule has 0 radical (unpaired) electrons. The van der Waals surface area contributed by atoms with Gasteiger partial charge >= 0.3 is 0 Å². The number of ether oxygens (including phenoxy) is 1. The van der Waals surface area contributed by atoms with Crippen molar-refractivity contribution in [3.05, 3.63) is 60.2 Å². The molecular weight excluding hydrogens is 348 g/mol. The van der Waals surface area contributed by atoms with E-state index >= 15 is 0 Å². The first-order valence-electron chi connectivity index (χ1n) is 8.52. The van der Waals surface area contributed by atoms with Crippen LogP contribution in [0.25, 0.3) is 0 Å². The number of anilines is 1. The predicted octanol–water partition coefficient (Wildman–Crippen LogP) is 3.58. The molecule has 0 saturated heterocycles. The Bertz CT molecular complexity index is 705. The van der Waals surface area contributed by atoms with Gasteiger partial charge in [-0.15, -0.1) is 0 Å². The van der Waals surface area contributed by atoms with E-state index in [-0.39, 0.29) is 11.8 Å². The standard InChI is InChI=1S/C20H24N2O3S/c1-3-25-17-11-9-16(10-12-17)21-20(24)18(13-14-26-2)22-19(23)15-7-5-4-6-8-15/h4-12,18H,3,13-14H2,1-2H3,(H,21,24)(H,22,23). The molecule has 0 heterocycles. The van der Waals surface area contributed by atoms with Crippen molar-refractivity contribution >= 4 is 29.3 Å². The van der Waals surface area contributed by atoms with Crippen LogP contribution in [0.2, 0.25) is 0 Å². The number of rotatable bonds is 9. The van der Waals surface area contributed by atoms with Crippen LogP contribution in [0.1, 0.15) is 23.7 Å². The second-order valence-electron chi connectivity index (χ2n) is 5.62. The first-order chi connectivity index (χ1) is 12.6. The van der Waals surface area contributed by atoms with E-state index in [0.29, 0.717) is 24.3 Å². The number of thioether (sulfide) groups is 1. The number of benzene rings is 2. The summed E-state index contributed by atoms with van der Waals surface area (Å²) in [7, 11) is 0. The molecule has 2 aromatic carbocycles. The van der Waals surface area contributed by atoms with E-state index in [2.05, 4.69) is 10.6 Å². The molecule has 0 fully saturated rings. The SMILES string of the molecule is CCOc1ccc(NC(=O)C(CCSC)NC(=O)c2ccccc2)cc1. The van der Waals surface area contributed by atoms with E-state index in [1.807, 2.05) is 19.2 Å². The van der Waals surface area contributed by atoms with Crippen LogP contribution < -0.4 is 15.4 Å². The highest BCUT2D eigenvalue weighted by Crippen LogP contribution is 2.16. The van der Waals surface area contributed by atoms with Crippen LogP contribution in [-0.2, 0) is 4.79 Å². The molecule has 6 heteroatoms. The lowest BCUT2D eigenvalue weighted by Gasteiger charge is -2.18. The summed E-state index contributed by atoms with van der Waals surface area (Å²) >= 11 is 1.64. The Labute approximate surface area is 158 Å². The molecule has 1 atom stereocenters. The van der Waals surface area contributed by atoms with Crippen LogP contribution in [0.15, 0.2) is 54.6 Å². The normalized spacial score (nSPS) is 11.5. The second kappa shape index (κ2) is 10.5. The second-order valence-corrected chi connectivity index (χ2v) is 6.61. The van der Waals surface area contributed by atoms with E-state index < -0.39 is 6.04 Å². The molecule has 2 N–H and O–H groups in total. The number of amides is 2. The predicted molar refractivity (Wildman–Crippen MR) is 107 cm³/mol. The first kappa shape index (κ1) is 19.8. The van der Waals surface area contributed by atoms with Gasteiger partial charge in [0.05, 0.1) is 6.61 Å². The van der Waals surface area contributed by atoms with Crippen molar-refractivity contribution in [2.45, 2.75) is 19.4 Å². The number of hydrogen-bond acceptors (Lipinski definition) is 4. The van der Waals surface area contributed by atoms with Gasteiger partial charge in [0, 0.05) is 11.3 Å². The van der Waals surface area contributed by atoms with Gasteiger partial charge in [0.2, 0.25) is 5.91 Å². The third-order valence-electron chi connectivity index (χ3n) is 3.70. The Balaban J connectivity index is 2.02. The fourth-order valence-corrected chi connectivity index (χ4v) is 2.84. The van der Waals surface area contributed by atoms with E-state index in [4.69, 9.17) is 4.74 Å². The topological polar surface area (TPSA) is 67.4 Å². The Kier molecular flexibility index (Phi) is 8.02. The van der Waals surface area contributed by atoms with Crippen molar-refractivity contribution in [2.24, 2.45) is 0 Å². The average molecular weight is 372 g/mol. The molecule has 0 spiro atoms. The number of carbonyl (C=O) groups is 2. The van der Waals surface area contributed by atoms with E-state index in [9.17, 15) is 9.59 Å². The summed E-state index contributed by atoms with van der Waals surface area (Å²) in [6.45, 7) is 2.51. The maximum Gasteiger partial charge on any atom is 0.251 e. The molecule has 2 rings (SSSR count). The Morgan fingerprint density at radius 2 is 1.77 bits per heavy atom. The Morgan fingerprint density at radius 3 is 2.38 bits per heavy atom. The van der Waals surface area contributed by atoms with Crippen LogP contribution in [0.5, 0.6) is 5.75 Å². The molecule has 0 aliphatic heterocycles. The van der Waals surface area contributed by atoms with Gasteiger partial charge < -0.3 is 15.4 Å². The Morgan fingerprint density at radius 1 is 1.08 bits per heavy atom. The first-order valence-corrected chi connectivity index (χ1v) is 9.92. The van der Waals surface area contributed by atoms with Crippen molar-refractivity contribution in [2.75, 3.05) is 23.9 Å². The smallest absolute Gasteiger partial charge is 0.251 e. The lowest BCUT2D eigenvalue weighted by Crippen LogP contribution is -2.44. The highest BCUT2D eigenvalue weighted by Gasteiger charge is 2.21. The van der Waals surface area contributed by atoms with E-state index in [1.54, 1.807) is 60.3 Å². The number of hydrogen-bond donors (Lipinski definition) is 2. The lowest BCUT2D eigenvalue weighted by molar-refractivity contribution is -0.118. The third-order valence-corrected chi connectivity index (χ3v) is 4.35. The Hall–Kier alpha value is -2.47. The molecular formula is C20H24N2O3S. The zero-order valence-corrected chi connectivity index (χ0v) is 15.8. The van der Waals surface area contributed by atoms with Crippen LogP contribution in [0.3, 0.4) is 0 Å². The van der Waals surface area contributed by atoms with Crippen LogP contribution in [-0.4, -0.2) is 36.5 Å². The molecule has 0 bridgehead atoms. The lowest BCUT2D eigenvalue weighted by atomic mass is 10.1. The van der Waals surface area contributed by atoms with Gasteiger partial charge in [-0.1, -0.05) is 18.2 Å². The molecule has 1 unspecified atom stereocenters. The van der Waals surface area contributed by atoms with Crippen molar-refractivity contribution < 1.29 is 14.3 Å². The minimum absolute atomic E-state index is 0.229. The molecule has 0 aliphatic rings. The number of carbonyl (C=O) groups excluding carboxylic acids is 2. The van der Waals surface area contributed by atoms with Crippen molar-refractivity contribution in [3.63, 3.8) is 0 Å². The molecule has 26 heavy (non-hydrogen) atoms. The summed E-state index contributed by atoms with van der Waals surface area (Å²) in [6.07, 6.45) is 2.53. The quantitative estimate of drug-likeness (QED) is 0.706. The fourth-order valence-electron chi connectivity index (χ4n) is 2.37. The maximum absolute atomic E-state index is 12.6. The van der Waals surface area contributed by atoms with Crippen LogP contribution >= 0.6 is 11.8 Å². The van der Waals surface area contributed by atoms with E-state index in [0.717, 1.165) is 11.5 Å². The average Bonchev–Trinajstić information content (AvgIpc) is 2.67. The summed E-state index contributed by atoms with van der Waals surface area (Å²) in [5.41, 5.74) is 1.21. The fraction of sp³-hybridized carbons (Fsp3) is 0.300. The molecule has 0 saturated carbocycles. The molecule has 0 aromatic heterocycles. The summed E-state index contributed by atoms with van der Waals surface area (Å²) in [4.78, 5) is 25.0. The van der Waals surface area contributed by atoms with Crippen molar-refractivity contribution in [3.8, 4) is 5.75 Å². The maximum atomic E-state index is 12.6. The summed E-state index contributed by atoms with van der Waals surface area (Å²) < 4.78 is 5.40. The van der Waals surface area contributed by atoms with Gasteiger partial charge in [-0.3, -0.25) is 9.59 Å². The third kappa shape index (κ3) is 6.11. The minimum Gasteiger partial charge on any atom is -0.494 e. The zero-order valence-electron chi connectivity index (χ0n) is 15.0. The summed E-state index contributed by atoms with van der Waals surface area (Å²) in [5, 5.41) is 5.69. The molecule has 2 aromatic rings.